The minimum atomic E-state index is -0.659. The largest absolute Gasteiger partial charge is 0.492 e. The zero-order valence-electron chi connectivity index (χ0n) is 9.55. The molecule has 0 spiro atoms. The molecular weight excluding hydrogens is 293 g/mol. The fourth-order valence-electron chi connectivity index (χ4n) is 1.48. The molecule has 94 valence electrons. The minimum Gasteiger partial charge on any atom is -0.492 e. The molecule has 1 aromatic rings. The molecule has 0 aliphatic heterocycles. The van der Waals surface area contributed by atoms with Crippen molar-refractivity contribution in [1.82, 2.24) is 0 Å². The summed E-state index contributed by atoms with van der Waals surface area (Å²) in [5.41, 5.74) is 5.16. The molecule has 0 radical (unpaired) electrons. The SMILES string of the molecule is COc1c(Br)cc(F)c(C(=O)CCN)c1OC. The van der Waals surface area contributed by atoms with Gasteiger partial charge in [-0.15, -0.1) is 0 Å². The molecule has 0 amide bonds. The first-order valence-electron chi connectivity index (χ1n) is 4.90. The highest BCUT2D eigenvalue weighted by molar-refractivity contribution is 9.10. The highest BCUT2D eigenvalue weighted by Crippen LogP contribution is 2.40. The van der Waals surface area contributed by atoms with Crippen LogP contribution in [-0.2, 0) is 0 Å². The number of hydrogen-bond donors (Lipinski definition) is 1. The van der Waals surface area contributed by atoms with E-state index in [-0.39, 0.29) is 30.0 Å². The molecule has 0 saturated heterocycles. The Balaban J connectivity index is 3.41. The van der Waals surface area contributed by atoms with Gasteiger partial charge in [-0.3, -0.25) is 4.79 Å². The Morgan fingerprint density at radius 1 is 1.41 bits per heavy atom. The smallest absolute Gasteiger partial charge is 0.175 e. The van der Waals surface area contributed by atoms with Crippen molar-refractivity contribution in [2.24, 2.45) is 5.73 Å². The standard InChI is InChI=1S/C11H13BrFNO3/c1-16-10-6(12)5-7(13)9(11(10)17-2)8(15)3-4-14/h5H,3-4,14H2,1-2H3. The summed E-state index contributed by atoms with van der Waals surface area (Å²) in [6.45, 7) is 0.153. The Hall–Kier alpha value is -1.14. The lowest BCUT2D eigenvalue weighted by Crippen LogP contribution is -2.12. The summed E-state index contributed by atoms with van der Waals surface area (Å²) >= 11 is 3.14. The van der Waals surface area contributed by atoms with E-state index in [9.17, 15) is 9.18 Å². The molecule has 0 atom stereocenters. The second kappa shape index (κ2) is 5.97. The van der Waals surface area contributed by atoms with E-state index in [4.69, 9.17) is 15.2 Å². The van der Waals surface area contributed by atoms with Gasteiger partial charge in [0, 0.05) is 6.42 Å². The minimum absolute atomic E-state index is 0.0536. The van der Waals surface area contributed by atoms with E-state index in [0.29, 0.717) is 4.47 Å². The van der Waals surface area contributed by atoms with Gasteiger partial charge in [0.2, 0.25) is 0 Å². The van der Waals surface area contributed by atoms with E-state index in [1.807, 2.05) is 0 Å². The van der Waals surface area contributed by atoms with E-state index in [1.54, 1.807) is 0 Å². The molecule has 6 heteroatoms. The van der Waals surface area contributed by atoms with Crippen molar-refractivity contribution in [3.8, 4) is 11.5 Å². The molecule has 0 saturated carbocycles. The lowest BCUT2D eigenvalue weighted by atomic mass is 10.1. The molecule has 0 aromatic heterocycles. The molecule has 17 heavy (non-hydrogen) atoms. The van der Waals surface area contributed by atoms with Gasteiger partial charge in [0.25, 0.3) is 0 Å². The summed E-state index contributed by atoms with van der Waals surface area (Å²) in [6, 6.07) is 1.17. The van der Waals surface area contributed by atoms with Crippen LogP contribution < -0.4 is 15.2 Å². The summed E-state index contributed by atoms with van der Waals surface area (Å²) in [7, 11) is 2.76. The van der Waals surface area contributed by atoms with Crippen LogP contribution in [0.2, 0.25) is 0 Å². The average Bonchev–Trinajstić information content (AvgIpc) is 2.28. The topological polar surface area (TPSA) is 61.5 Å². The van der Waals surface area contributed by atoms with Crippen molar-refractivity contribution in [3.63, 3.8) is 0 Å². The third-order valence-electron chi connectivity index (χ3n) is 2.20. The number of carbonyl (C=O) groups is 1. The van der Waals surface area contributed by atoms with Gasteiger partial charge in [-0.05, 0) is 28.5 Å². The number of benzene rings is 1. The Morgan fingerprint density at radius 2 is 2.00 bits per heavy atom. The first kappa shape index (κ1) is 13.9. The van der Waals surface area contributed by atoms with Crippen molar-refractivity contribution in [1.29, 1.82) is 0 Å². The zero-order valence-corrected chi connectivity index (χ0v) is 11.1. The Labute approximate surface area is 107 Å². The number of carbonyl (C=O) groups excluding carboxylic acids is 1. The molecule has 1 aromatic carbocycles. The van der Waals surface area contributed by atoms with E-state index in [1.165, 1.54) is 20.3 Å². The van der Waals surface area contributed by atoms with Crippen LogP contribution in [0.4, 0.5) is 4.39 Å². The van der Waals surface area contributed by atoms with Crippen LogP contribution in [0.5, 0.6) is 11.5 Å². The number of nitrogens with two attached hydrogens (primary N) is 1. The number of hydrogen-bond acceptors (Lipinski definition) is 4. The summed E-state index contributed by atoms with van der Waals surface area (Å²) < 4.78 is 24.3. The zero-order chi connectivity index (χ0) is 13.0. The van der Waals surface area contributed by atoms with Gasteiger partial charge in [0.1, 0.15) is 5.82 Å². The fourth-order valence-corrected chi connectivity index (χ4v) is 2.02. The van der Waals surface area contributed by atoms with Crippen molar-refractivity contribution in [3.05, 3.63) is 21.9 Å². The molecule has 2 N–H and O–H groups in total. The summed E-state index contributed by atoms with van der Waals surface area (Å²) in [4.78, 5) is 11.8. The number of rotatable bonds is 5. The van der Waals surface area contributed by atoms with Crippen molar-refractivity contribution < 1.29 is 18.7 Å². The molecule has 0 aliphatic rings. The third-order valence-corrected chi connectivity index (χ3v) is 2.79. The van der Waals surface area contributed by atoms with Crippen LogP contribution in [0.25, 0.3) is 0 Å². The Morgan fingerprint density at radius 3 is 2.47 bits per heavy atom. The third kappa shape index (κ3) is 2.76. The molecule has 4 nitrogen and oxygen atoms in total. The second-order valence-electron chi connectivity index (χ2n) is 3.24. The molecule has 0 aliphatic carbocycles. The van der Waals surface area contributed by atoms with Crippen LogP contribution in [0.1, 0.15) is 16.8 Å². The summed E-state index contributed by atoms with van der Waals surface area (Å²) in [5.74, 6) is -0.701. The molecular formula is C11H13BrFNO3. The number of halogens is 2. The lowest BCUT2D eigenvalue weighted by Gasteiger charge is -2.14. The van der Waals surface area contributed by atoms with Crippen molar-refractivity contribution in [2.75, 3.05) is 20.8 Å². The predicted molar refractivity (Wildman–Crippen MR) is 65.2 cm³/mol. The normalized spacial score (nSPS) is 10.2. The molecule has 0 fully saturated rings. The van der Waals surface area contributed by atoms with Crippen LogP contribution in [0.15, 0.2) is 10.5 Å². The molecule has 0 bridgehead atoms. The highest BCUT2D eigenvalue weighted by atomic mass is 79.9. The van der Waals surface area contributed by atoms with Gasteiger partial charge in [-0.1, -0.05) is 0 Å². The monoisotopic (exact) mass is 305 g/mol. The van der Waals surface area contributed by atoms with Crippen molar-refractivity contribution >= 4 is 21.7 Å². The first-order chi connectivity index (χ1) is 8.06. The summed E-state index contributed by atoms with van der Waals surface area (Å²) in [5, 5.41) is 0. The van der Waals surface area contributed by atoms with E-state index >= 15 is 0 Å². The van der Waals surface area contributed by atoms with E-state index in [2.05, 4.69) is 15.9 Å². The van der Waals surface area contributed by atoms with Crippen molar-refractivity contribution in [2.45, 2.75) is 6.42 Å². The average molecular weight is 306 g/mol. The van der Waals surface area contributed by atoms with Gasteiger partial charge in [0.15, 0.2) is 17.3 Å². The van der Waals surface area contributed by atoms with Crippen LogP contribution in [0.3, 0.4) is 0 Å². The van der Waals surface area contributed by atoms with Gasteiger partial charge < -0.3 is 15.2 Å². The quantitative estimate of drug-likeness (QED) is 0.847. The maximum atomic E-state index is 13.8. The summed E-state index contributed by atoms with van der Waals surface area (Å²) in [6.07, 6.45) is 0.0536. The Kier molecular flexibility index (Phi) is 4.89. The fraction of sp³-hybridized carbons (Fsp3) is 0.364. The predicted octanol–water partition coefficient (Wildman–Crippen LogP) is 2.14. The van der Waals surface area contributed by atoms with Gasteiger partial charge in [-0.25, -0.2) is 4.39 Å². The van der Waals surface area contributed by atoms with E-state index < -0.39 is 11.6 Å². The second-order valence-corrected chi connectivity index (χ2v) is 4.10. The lowest BCUT2D eigenvalue weighted by molar-refractivity contribution is 0.0977. The van der Waals surface area contributed by atoms with Gasteiger partial charge in [-0.2, -0.15) is 0 Å². The van der Waals surface area contributed by atoms with Crippen LogP contribution >= 0.6 is 15.9 Å². The number of ether oxygens (including phenoxy) is 2. The van der Waals surface area contributed by atoms with Crippen LogP contribution in [0, 0.1) is 5.82 Å². The number of ketones is 1. The first-order valence-corrected chi connectivity index (χ1v) is 5.69. The van der Waals surface area contributed by atoms with Crippen LogP contribution in [-0.4, -0.2) is 26.5 Å². The van der Waals surface area contributed by atoms with Gasteiger partial charge >= 0.3 is 0 Å². The number of methoxy groups -OCH3 is 2. The molecule has 0 unspecified atom stereocenters. The number of Topliss-reactive ketones (excluding diaryl/α,β-unsaturated/α-hetero) is 1. The van der Waals surface area contributed by atoms with Gasteiger partial charge in [0.05, 0.1) is 24.3 Å². The Bertz CT molecular complexity index is 437. The molecule has 0 heterocycles. The maximum absolute atomic E-state index is 13.8. The van der Waals surface area contributed by atoms with E-state index in [0.717, 1.165) is 0 Å². The maximum Gasteiger partial charge on any atom is 0.175 e. The molecule has 1 rings (SSSR count). The highest BCUT2D eigenvalue weighted by Gasteiger charge is 2.23.